The Kier molecular flexibility index (Phi) is 9.19. The Balaban J connectivity index is 1.59. The Labute approximate surface area is 251 Å². The third kappa shape index (κ3) is 7.39. The largest absolute Gasteiger partial charge is 0.482 e. The molecule has 0 fully saturated rings. The van der Waals surface area contributed by atoms with Crippen molar-refractivity contribution in [3.63, 3.8) is 0 Å². The number of pyridine rings is 1. The highest BCUT2D eigenvalue weighted by Gasteiger charge is 2.33. The van der Waals surface area contributed by atoms with Crippen LogP contribution in [0.4, 0.5) is 0 Å². The molecule has 8 heteroatoms. The average Bonchev–Trinajstić information content (AvgIpc) is 3.12. The van der Waals surface area contributed by atoms with Gasteiger partial charge in [0.1, 0.15) is 11.4 Å². The molecule has 0 N–H and O–H groups in total. The van der Waals surface area contributed by atoms with Crippen LogP contribution in [-0.2, 0) is 31.4 Å². The van der Waals surface area contributed by atoms with Crippen molar-refractivity contribution in [3.05, 3.63) is 77.0 Å². The number of carbonyl (C=O) groups is 1. The number of carbonyl (C=O) groups excluding carboxylic acids is 1. The first-order valence-corrected chi connectivity index (χ1v) is 16.0. The Morgan fingerprint density at radius 3 is 2.38 bits per heavy atom. The number of sulfonamides is 1. The van der Waals surface area contributed by atoms with E-state index in [0.717, 1.165) is 47.1 Å². The number of esters is 1. The van der Waals surface area contributed by atoms with E-state index in [1.54, 1.807) is 19.3 Å². The fourth-order valence-corrected chi connectivity index (χ4v) is 6.65. The van der Waals surface area contributed by atoms with Gasteiger partial charge in [0.15, 0.2) is 11.6 Å². The van der Waals surface area contributed by atoms with Gasteiger partial charge < -0.3 is 9.47 Å². The van der Waals surface area contributed by atoms with Gasteiger partial charge in [-0.05, 0) is 92.8 Å². The maximum Gasteiger partial charge on any atom is 0.344 e. The van der Waals surface area contributed by atoms with E-state index in [9.17, 15) is 13.2 Å². The molecule has 0 aliphatic heterocycles. The number of nitrogens with zero attached hydrogens (tertiary/aromatic N) is 2. The van der Waals surface area contributed by atoms with Crippen molar-refractivity contribution in [1.82, 2.24) is 9.29 Å². The van der Waals surface area contributed by atoms with Crippen molar-refractivity contribution in [2.24, 2.45) is 0 Å². The molecule has 1 aromatic heterocycles. The van der Waals surface area contributed by atoms with Gasteiger partial charge in [-0.25, -0.2) is 18.2 Å². The van der Waals surface area contributed by atoms with Gasteiger partial charge in [0.05, 0.1) is 6.04 Å². The van der Waals surface area contributed by atoms with Crippen LogP contribution in [-0.4, -0.2) is 42.9 Å². The summed E-state index contributed by atoms with van der Waals surface area (Å²) in [6, 6.07) is 15.1. The minimum atomic E-state index is -3.89. The second-order valence-electron chi connectivity index (χ2n) is 13.2. The number of rotatable bonds is 7. The standard InChI is InChI=1S/C34H44N2O5S/c1-23-18-25(20-26(19-23)33(2,3)4)24-16-17-31(35-21-24)42(38,39)36(8)29-14-10-9-12-28-27(29)13-11-15-30(28)40-22-32(37)41-34(5,6)7/h11,13,15-21,29H,9-10,12,14,22H2,1-8H3. The minimum Gasteiger partial charge on any atom is -0.482 e. The summed E-state index contributed by atoms with van der Waals surface area (Å²) in [5.41, 5.74) is 5.48. The fourth-order valence-electron chi connectivity index (χ4n) is 5.38. The fraction of sp³-hybridized carbons (Fsp3) is 0.471. The van der Waals surface area contributed by atoms with Crippen LogP contribution in [0.5, 0.6) is 5.75 Å². The summed E-state index contributed by atoms with van der Waals surface area (Å²) >= 11 is 0. The molecule has 1 unspecified atom stereocenters. The molecule has 1 aliphatic rings. The SMILES string of the molecule is Cc1cc(-c2ccc(S(=O)(=O)N(C)C3CCCCc4c(OCC(=O)OC(C)(C)C)cccc43)nc2)cc(C(C)(C)C)c1. The Hall–Kier alpha value is -3.23. The molecular weight excluding hydrogens is 548 g/mol. The topological polar surface area (TPSA) is 85.8 Å². The second-order valence-corrected chi connectivity index (χ2v) is 15.1. The van der Waals surface area contributed by atoms with Crippen molar-refractivity contribution < 1.29 is 22.7 Å². The first-order valence-electron chi connectivity index (χ1n) is 14.6. The number of hydrogen-bond donors (Lipinski definition) is 0. The normalized spacial score (nSPS) is 16.1. The zero-order valence-corrected chi connectivity index (χ0v) is 27.0. The summed E-state index contributed by atoms with van der Waals surface area (Å²) < 4.78 is 40.4. The van der Waals surface area contributed by atoms with E-state index in [2.05, 4.69) is 50.9 Å². The summed E-state index contributed by atoms with van der Waals surface area (Å²) in [7, 11) is -2.27. The number of benzene rings is 2. The minimum absolute atomic E-state index is 0.00414. The number of ether oxygens (including phenoxy) is 2. The molecule has 0 bridgehead atoms. The van der Waals surface area contributed by atoms with Gasteiger partial charge in [-0.15, -0.1) is 0 Å². The zero-order valence-electron chi connectivity index (χ0n) is 26.2. The molecule has 0 saturated heterocycles. The van der Waals surface area contributed by atoms with Crippen LogP contribution in [0.15, 0.2) is 59.8 Å². The average molecular weight is 593 g/mol. The van der Waals surface area contributed by atoms with Crippen molar-refractivity contribution >= 4 is 16.0 Å². The highest BCUT2D eigenvalue weighted by atomic mass is 32.2. The van der Waals surface area contributed by atoms with Gasteiger partial charge >= 0.3 is 5.97 Å². The highest BCUT2D eigenvalue weighted by Crippen LogP contribution is 2.39. The van der Waals surface area contributed by atoms with Crippen LogP contribution in [0, 0.1) is 6.92 Å². The molecular formula is C34H44N2O5S. The molecule has 1 atom stereocenters. The molecule has 1 heterocycles. The first kappa shape index (κ1) is 31.7. The summed E-state index contributed by atoms with van der Waals surface area (Å²) in [6.07, 6.45) is 4.82. The lowest BCUT2D eigenvalue weighted by Crippen LogP contribution is -2.32. The van der Waals surface area contributed by atoms with E-state index < -0.39 is 21.6 Å². The van der Waals surface area contributed by atoms with Gasteiger partial charge in [0.25, 0.3) is 10.0 Å². The smallest absolute Gasteiger partial charge is 0.344 e. The predicted molar refractivity (Wildman–Crippen MR) is 166 cm³/mol. The molecule has 7 nitrogen and oxygen atoms in total. The molecule has 42 heavy (non-hydrogen) atoms. The molecule has 1 aliphatic carbocycles. The van der Waals surface area contributed by atoms with Crippen molar-refractivity contribution in [1.29, 1.82) is 0 Å². The summed E-state index contributed by atoms with van der Waals surface area (Å²) in [4.78, 5) is 16.7. The van der Waals surface area contributed by atoms with E-state index in [-0.39, 0.29) is 23.1 Å². The van der Waals surface area contributed by atoms with Gasteiger partial charge in [-0.2, -0.15) is 4.31 Å². The molecule has 4 rings (SSSR count). The number of fused-ring (bicyclic) bond motifs is 1. The van der Waals surface area contributed by atoms with Gasteiger partial charge in [-0.3, -0.25) is 0 Å². The van der Waals surface area contributed by atoms with Crippen LogP contribution in [0.3, 0.4) is 0 Å². The lowest BCUT2D eigenvalue weighted by Gasteiger charge is -2.28. The number of aromatic nitrogens is 1. The maximum absolute atomic E-state index is 13.8. The van der Waals surface area contributed by atoms with Gasteiger partial charge in [0.2, 0.25) is 0 Å². The van der Waals surface area contributed by atoms with E-state index in [0.29, 0.717) is 12.2 Å². The monoisotopic (exact) mass is 592 g/mol. The van der Waals surface area contributed by atoms with E-state index in [1.165, 1.54) is 9.87 Å². The summed E-state index contributed by atoms with van der Waals surface area (Å²) in [6.45, 7) is 13.8. The lowest BCUT2D eigenvalue weighted by atomic mass is 9.84. The lowest BCUT2D eigenvalue weighted by molar-refractivity contribution is -0.157. The van der Waals surface area contributed by atoms with Crippen LogP contribution < -0.4 is 4.74 Å². The Morgan fingerprint density at radius 2 is 1.74 bits per heavy atom. The van der Waals surface area contributed by atoms with Crippen molar-refractivity contribution in [2.45, 2.75) is 96.2 Å². The molecule has 0 amide bonds. The Morgan fingerprint density at radius 1 is 1.00 bits per heavy atom. The van der Waals surface area contributed by atoms with Crippen LogP contribution in [0.2, 0.25) is 0 Å². The number of hydrogen-bond acceptors (Lipinski definition) is 6. The molecule has 226 valence electrons. The summed E-state index contributed by atoms with van der Waals surface area (Å²) in [5.74, 6) is 0.145. The van der Waals surface area contributed by atoms with E-state index in [1.807, 2.05) is 45.0 Å². The van der Waals surface area contributed by atoms with E-state index in [4.69, 9.17) is 9.47 Å². The number of aryl methyl sites for hydroxylation is 1. The predicted octanol–water partition coefficient (Wildman–Crippen LogP) is 7.16. The molecule has 0 spiro atoms. The Bertz CT molecular complexity index is 1530. The van der Waals surface area contributed by atoms with Crippen molar-refractivity contribution in [3.8, 4) is 16.9 Å². The van der Waals surface area contributed by atoms with E-state index >= 15 is 0 Å². The zero-order chi connectivity index (χ0) is 30.9. The third-order valence-electron chi connectivity index (χ3n) is 7.54. The van der Waals surface area contributed by atoms with Crippen LogP contribution in [0.1, 0.15) is 89.1 Å². The quantitative estimate of drug-likeness (QED) is 0.214. The van der Waals surface area contributed by atoms with Gasteiger partial charge in [0, 0.05) is 18.8 Å². The third-order valence-corrected chi connectivity index (χ3v) is 9.33. The van der Waals surface area contributed by atoms with Crippen LogP contribution >= 0.6 is 0 Å². The van der Waals surface area contributed by atoms with Crippen molar-refractivity contribution in [2.75, 3.05) is 13.7 Å². The molecule has 2 aromatic carbocycles. The second kappa shape index (κ2) is 12.2. The highest BCUT2D eigenvalue weighted by molar-refractivity contribution is 7.89. The maximum atomic E-state index is 13.8. The summed E-state index contributed by atoms with van der Waals surface area (Å²) in [5, 5.41) is 0.0144. The van der Waals surface area contributed by atoms with Gasteiger partial charge in [-0.1, -0.05) is 63.1 Å². The molecule has 0 radical (unpaired) electrons. The molecule has 3 aromatic rings. The first-order chi connectivity index (χ1) is 19.6. The van der Waals surface area contributed by atoms with Crippen LogP contribution in [0.25, 0.3) is 11.1 Å². The molecule has 0 saturated carbocycles.